The largest absolute Gasteiger partial charge is 0.327 e. The maximum Gasteiger partial charge on any atom is 0.0931 e. The topological polar surface area (TPSA) is 26.0 Å². The first-order valence-electron chi connectivity index (χ1n) is 4.25. The van der Waals surface area contributed by atoms with Gasteiger partial charge in [-0.25, -0.2) is 0 Å². The first-order valence-corrected chi connectivity index (χ1v) is 5.45. The second-order valence-electron chi connectivity index (χ2n) is 3.41. The highest BCUT2D eigenvalue weighted by Crippen LogP contribution is 2.34. The van der Waals surface area contributed by atoms with E-state index in [9.17, 15) is 0 Å². The molecule has 0 amide bonds. The lowest BCUT2D eigenvalue weighted by Gasteiger charge is -2.06. The molecule has 1 saturated carbocycles. The van der Waals surface area contributed by atoms with Crippen molar-refractivity contribution in [1.29, 1.82) is 0 Å². The van der Waals surface area contributed by atoms with Gasteiger partial charge in [-0.15, -0.1) is 11.3 Å². The molecule has 12 heavy (non-hydrogen) atoms. The molecule has 0 saturated heterocycles. The number of nitrogens with two attached hydrogens (primary N) is 1. The second-order valence-corrected chi connectivity index (χ2v) is 5.21. The van der Waals surface area contributed by atoms with E-state index in [-0.39, 0.29) is 0 Å². The van der Waals surface area contributed by atoms with Gasteiger partial charge in [0.15, 0.2) is 0 Å². The molecule has 0 bridgehead atoms. The molecule has 3 heteroatoms. The number of halogens is 1. The third kappa shape index (κ3) is 2.00. The van der Waals surface area contributed by atoms with Gasteiger partial charge in [0.05, 0.1) is 4.34 Å². The molecule has 1 atom stereocenters. The molecule has 2 N–H and O–H groups in total. The minimum Gasteiger partial charge on any atom is -0.327 e. The summed E-state index contributed by atoms with van der Waals surface area (Å²) in [5, 5.41) is 0. The zero-order valence-electron chi connectivity index (χ0n) is 6.79. The van der Waals surface area contributed by atoms with E-state index in [0.29, 0.717) is 6.04 Å². The molecule has 0 aliphatic heterocycles. The Balaban J connectivity index is 1.93. The van der Waals surface area contributed by atoms with Gasteiger partial charge in [0, 0.05) is 10.9 Å². The molecule has 1 aromatic rings. The first-order chi connectivity index (χ1) is 5.75. The molecule has 1 unspecified atom stereocenters. The minimum atomic E-state index is 0.361. The van der Waals surface area contributed by atoms with Crippen molar-refractivity contribution in [2.75, 3.05) is 0 Å². The third-order valence-electron chi connectivity index (χ3n) is 2.29. The molecular formula is C9H12ClNS. The number of hydrogen-bond donors (Lipinski definition) is 1. The number of hydrogen-bond acceptors (Lipinski definition) is 2. The average Bonchev–Trinajstić information content (AvgIpc) is 2.78. The normalized spacial score (nSPS) is 19.5. The molecule has 1 fully saturated rings. The van der Waals surface area contributed by atoms with Crippen LogP contribution in [0.25, 0.3) is 0 Å². The summed E-state index contributed by atoms with van der Waals surface area (Å²) in [4.78, 5) is 1.32. The van der Waals surface area contributed by atoms with Crippen LogP contribution in [-0.2, 0) is 6.42 Å². The van der Waals surface area contributed by atoms with Gasteiger partial charge in [-0.1, -0.05) is 11.6 Å². The lowest BCUT2D eigenvalue weighted by Crippen LogP contribution is -2.24. The molecule has 0 aromatic carbocycles. The van der Waals surface area contributed by atoms with Crippen LogP contribution in [-0.4, -0.2) is 6.04 Å². The van der Waals surface area contributed by atoms with Crippen molar-refractivity contribution in [2.24, 2.45) is 11.7 Å². The van der Waals surface area contributed by atoms with Crippen molar-refractivity contribution < 1.29 is 0 Å². The zero-order chi connectivity index (χ0) is 8.55. The Hall–Kier alpha value is -0.0500. The van der Waals surface area contributed by atoms with Crippen molar-refractivity contribution in [3.63, 3.8) is 0 Å². The predicted octanol–water partition coefficient (Wildman–Crippen LogP) is 2.68. The number of thiophene rings is 1. The highest BCUT2D eigenvalue weighted by Gasteiger charge is 2.28. The standard InChI is InChI=1S/C9H12ClNS/c10-9-4-3-7(12-9)5-8(11)6-1-2-6/h3-4,6,8H,1-2,5,11H2. The molecule has 2 rings (SSSR count). The van der Waals surface area contributed by atoms with Crippen LogP contribution in [0.4, 0.5) is 0 Å². The van der Waals surface area contributed by atoms with Crippen molar-refractivity contribution in [3.8, 4) is 0 Å². The zero-order valence-corrected chi connectivity index (χ0v) is 8.37. The fourth-order valence-corrected chi connectivity index (χ4v) is 2.54. The van der Waals surface area contributed by atoms with Crippen LogP contribution in [0.5, 0.6) is 0 Å². The summed E-state index contributed by atoms with van der Waals surface area (Å²) < 4.78 is 0.869. The lowest BCUT2D eigenvalue weighted by molar-refractivity contribution is 0.596. The lowest BCUT2D eigenvalue weighted by atomic mass is 10.1. The summed E-state index contributed by atoms with van der Waals surface area (Å²) in [6.07, 6.45) is 3.64. The van der Waals surface area contributed by atoms with Crippen molar-refractivity contribution in [1.82, 2.24) is 0 Å². The number of rotatable bonds is 3. The van der Waals surface area contributed by atoms with Crippen LogP contribution in [0, 0.1) is 5.92 Å². The minimum absolute atomic E-state index is 0.361. The molecule has 1 heterocycles. The molecule has 0 radical (unpaired) electrons. The summed E-state index contributed by atoms with van der Waals surface area (Å²) in [7, 11) is 0. The van der Waals surface area contributed by atoms with E-state index in [0.717, 1.165) is 16.7 Å². The van der Waals surface area contributed by atoms with Crippen LogP contribution < -0.4 is 5.73 Å². The van der Waals surface area contributed by atoms with Gasteiger partial charge in [0.1, 0.15) is 0 Å². The summed E-state index contributed by atoms with van der Waals surface area (Å²) in [5.41, 5.74) is 5.98. The highest BCUT2D eigenvalue weighted by molar-refractivity contribution is 7.16. The Labute approximate surface area is 81.5 Å². The van der Waals surface area contributed by atoms with Gasteiger partial charge in [-0.2, -0.15) is 0 Å². The van der Waals surface area contributed by atoms with Crippen molar-refractivity contribution in [2.45, 2.75) is 25.3 Å². The van der Waals surface area contributed by atoms with Gasteiger partial charge in [-0.05, 0) is 37.3 Å². The second kappa shape index (κ2) is 3.36. The summed E-state index contributed by atoms with van der Waals surface area (Å²) in [6.45, 7) is 0. The monoisotopic (exact) mass is 201 g/mol. The van der Waals surface area contributed by atoms with E-state index in [1.165, 1.54) is 17.7 Å². The van der Waals surface area contributed by atoms with Gasteiger partial charge >= 0.3 is 0 Å². The predicted molar refractivity (Wildman–Crippen MR) is 53.7 cm³/mol. The molecular weight excluding hydrogens is 190 g/mol. The molecule has 1 nitrogen and oxygen atoms in total. The van der Waals surface area contributed by atoms with E-state index >= 15 is 0 Å². The van der Waals surface area contributed by atoms with Crippen LogP contribution in [0.1, 0.15) is 17.7 Å². The Kier molecular flexibility index (Phi) is 2.40. The van der Waals surface area contributed by atoms with Crippen LogP contribution in [0.3, 0.4) is 0 Å². The van der Waals surface area contributed by atoms with E-state index in [1.54, 1.807) is 11.3 Å². The van der Waals surface area contributed by atoms with Crippen LogP contribution in [0.15, 0.2) is 12.1 Å². The van der Waals surface area contributed by atoms with Crippen molar-refractivity contribution >= 4 is 22.9 Å². The van der Waals surface area contributed by atoms with Gasteiger partial charge < -0.3 is 5.73 Å². The molecule has 0 spiro atoms. The van der Waals surface area contributed by atoms with E-state index in [1.807, 2.05) is 6.07 Å². The van der Waals surface area contributed by atoms with Crippen LogP contribution in [0.2, 0.25) is 4.34 Å². The Bertz CT molecular complexity index is 267. The van der Waals surface area contributed by atoms with E-state index < -0.39 is 0 Å². The Morgan fingerprint density at radius 2 is 2.33 bits per heavy atom. The van der Waals surface area contributed by atoms with Crippen LogP contribution >= 0.6 is 22.9 Å². The van der Waals surface area contributed by atoms with E-state index in [2.05, 4.69) is 6.07 Å². The summed E-state index contributed by atoms with van der Waals surface area (Å²) in [6, 6.07) is 4.39. The summed E-state index contributed by atoms with van der Waals surface area (Å²) in [5.74, 6) is 0.783. The Morgan fingerprint density at radius 3 is 2.83 bits per heavy atom. The van der Waals surface area contributed by atoms with Gasteiger partial charge in [0.25, 0.3) is 0 Å². The molecule has 1 aliphatic rings. The quantitative estimate of drug-likeness (QED) is 0.800. The Morgan fingerprint density at radius 1 is 1.58 bits per heavy atom. The van der Waals surface area contributed by atoms with Gasteiger partial charge in [0.2, 0.25) is 0 Å². The SMILES string of the molecule is NC(Cc1ccc(Cl)s1)C1CC1. The fourth-order valence-electron chi connectivity index (χ4n) is 1.38. The average molecular weight is 202 g/mol. The fraction of sp³-hybridized carbons (Fsp3) is 0.556. The van der Waals surface area contributed by atoms with Crippen molar-refractivity contribution in [3.05, 3.63) is 21.3 Å². The van der Waals surface area contributed by atoms with Gasteiger partial charge in [-0.3, -0.25) is 0 Å². The maximum absolute atomic E-state index is 5.98. The first kappa shape index (κ1) is 8.54. The molecule has 1 aromatic heterocycles. The maximum atomic E-state index is 5.98. The smallest absolute Gasteiger partial charge is 0.0931 e. The highest BCUT2D eigenvalue weighted by atomic mass is 35.5. The molecule has 66 valence electrons. The van der Waals surface area contributed by atoms with E-state index in [4.69, 9.17) is 17.3 Å². The summed E-state index contributed by atoms with van der Waals surface area (Å²) >= 11 is 7.46. The molecule has 1 aliphatic carbocycles. The third-order valence-corrected chi connectivity index (χ3v) is 3.55.